The fourth-order valence-corrected chi connectivity index (χ4v) is 4.12. The molecule has 0 atom stereocenters. The molecule has 2 heterocycles. The summed E-state index contributed by atoms with van der Waals surface area (Å²) >= 11 is 7.31. The number of hydrogen-bond donors (Lipinski definition) is 2. The first-order valence-corrected chi connectivity index (χ1v) is 10.0. The van der Waals surface area contributed by atoms with E-state index in [-0.39, 0.29) is 0 Å². The fraction of sp³-hybridized carbons (Fsp3) is 0.421. The number of hydrogen-bond acceptors (Lipinski definition) is 5. The molecule has 140 valence electrons. The molecule has 3 rings (SSSR count). The van der Waals surface area contributed by atoms with Crippen LogP contribution in [0.5, 0.6) is 11.5 Å². The summed E-state index contributed by atoms with van der Waals surface area (Å²) in [4.78, 5) is 3.94. The van der Waals surface area contributed by atoms with Gasteiger partial charge in [-0.15, -0.1) is 11.3 Å². The summed E-state index contributed by atoms with van der Waals surface area (Å²) < 4.78 is 10.6. The average molecular weight is 392 g/mol. The van der Waals surface area contributed by atoms with E-state index in [2.05, 4.69) is 33.0 Å². The van der Waals surface area contributed by atoms with Crippen molar-refractivity contribution in [2.45, 2.75) is 25.4 Å². The first-order chi connectivity index (χ1) is 12.7. The first kappa shape index (κ1) is 18.9. The molecule has 1 aliphatic heterocycles. The van der Waals surface area contributed by atoms with Gasteiger partial charge in [-0.2, -0.15) is 0 Å². The molecular formula is C19H25N3O2S2. The second-order valence-electron chi connectivity index (χ2n) is 6.33. The molecule has 7 heteroatoms. The van der Waals surface area contributed by atoms with Gasteiger partial charge in [-0.25, -0.2) is 0 Å². The SMILES string of the molecule is COc1cc(NC(=S)NC2CCN(Cc3cccs3)CC2)cc(OC)c1. The molecule has 5 nitrogen and oxygen atoms in total. The maximum atomic E-state index is 5.48. The van der Waals surface area contributed by atoms with Gasteiger partial charge in [-0.3, -0.25) is 4.90 Å². The summed E-state index contributed by atoms with van der Waals surface area (Å²) in [6.07, 6.45) is 2.18. The zero-order valence-corrected chi connectivity index (χ0v) is 16.8. The number of anilines is 1. The van der Waals surface area contributed by atoms with E-state index >= 15 is 0 Å². The van der Waals surface area contributed by atoms with E-state index in [1.165, 1.54) is 4.88 Å². The Balaban J connectivity index is 1.47. The number of methoxy groups -OCH3 is 2. The van der Waals surface area contributed by atoms with Crippen molar-refractivity contribution >= 4 is 34.4 Å². The van der Waals surface area contributed by atoms with Crippen LogP contribution in [-0.4, -0.2) is 43.4 Å². The molecule has 2 aromatic rings. The lowest BCUT2D eigenvalue weighted by atomic mass is 10.1. The third kappa shape index (κ3) is 5.33. The fourth-order valence-electron chi connectivity index (χ4n) is 3.09. The highest BCUT2D eigenvalue weighted by Crippen LogP contribution is 2.25. The third-order valence-electron chi connectivity index (χ3n) is 4.49. The normalized spacial score (nSPS) is 15.5. The smallest absolute Gasteiger partial charge is 0.171 e. The second kappa shape index (κ2) is 9.21. The van der Waals surface area contributed by atoms with Gasteiger partial charge in [0.1, 0.15) is 11.5 Å². The summed E-state index contributed by atoms with van der Waals surface area (Å²) in [5.74, 6) is 1.47. The van der Waals surface area contributed by atoms with Crippen LogP contribution >= 0.6 is 23.6 Å². The standard InChI is InChI=1S/C19H25N3O2S2/c1-23-16-10-15(11-17(12-16)24-2)21-19(25)20-14-5-7-22(8-6-14)13-18-4-3-9-26-18/h3-4,9-12,14H,5-8,13H2,1-2H3,(H2,20,21,25). The van der Waals surface area contributed by atoms with Crippen LogP contribution in [0.15, 0.2) is 35.7 Å². The van der Waals surface area contributed by atoms with E-state index in [4.69, 9.17) is 21.7 Å². The number of benzene rings is 1. The van der Waals surface area contributed by atoms with Crippen molar-refractivity contribution in [1.82, 2.24) is 10.2 Å². The quantitative estimate of drug-likeness (QED) is 0.732. The van der Waals surface area contributed by atoms with Gasteiger partial charge in [0.05, 0.1) is 14.2 Å². The van der Waals surface area contributed by atoms with Crippen molar-refractivity contribution in [3.63, 3.8) is 0 Å². The lowest BCUT2D eigenvalue weighted by molar-refractivity contribution is 0.201. The third-order valence-corrected chi connectivity index (χ3v) is 5.57. The Morgan fingerprint density at radius 1 is 1.19 bits per heavy atom. The van der Waals surface area contributed by atoms with Crippen LogP contribution < -0.4 is 20.1 Å². The Bertz CT molecular complexity index is 691. The first-order valence-electron chi connectivity index (χ1n) is 8.71. The molecule has 1 aliphatic rings. The summed E-state index contributed by atoms with van der Waals surface area (Å²) in [7, 11) is 3.28. The Morgan fingerprint density at radius 3 is 2.46 bits per heavy atom. The topological polar surface area (TPSA) is 45.8 Å². The molecule has 0 bridgehead atoms. The molecule has 1 aromatic heterocycles. The Kier molecular flexibility index (Phi) is 6.71. The van der Waals surface area contributed by atoms with Crippen LogP contribution in [0.3, 0.4) is 0 Å². The largest absolute Gasteiger partial charge is 0.497 e. The number of thiocarbonyl (C=S) groups is 1. The molecule has 0 radical (unpaired) electrons. The van der Waals surface area contributed by atoms with Crippen LogP contribution in [0.4, 0.5) is 5.69 Å². The summed E-state index contributed by atoms with van der Waals surface area (Å²) in [5.41, 5.74) is 0.855. The Labute approximate surface area is 164 Å². The molecule has 0 unspecified atom stereocenters. The van der Waals surface area contributed by atoms with E-state index < -0.39 is 0 Å². The molecule has 0 spiro atoms. The van der Waals surface area contributed by atoms with Crippen molar-refractivity contribution in [3.05, 3.63) is 40.6 Å². The van der Waals surface area contributed by atoms with Gasteiger partial charge < -0.3 is 20.1 Å². The van der Waals surface area contributed by atoms with Crippen molar-refractivity contribution in [3.8, 4) is 11.5 Å². The minimum atomic E-state index is 0.405. The zero-order chi connectivity index (χ0) is 18.4. The summed E-state index contributed by atoms with van der Waals surface area (Å²) in [5, 5.41) is 9.45. The predicted octanol–water partition coefficient (Wildman–Crippen LogP) is 3.72. The maximum Gasteiger partial charge on any atom is 0.171 e. The van der Waals surface area contributed by atoms with Gasteiger partial charge in [0.15, 0.2) is 5.11 Å². The molecule has 0 amide bonds. The molecule has 0 saturated carbocycles. The number of rotatable bonds is 6. The van der Waals surface area contributed by atoms with Crippen LogP contribution in [0, 0.1) is 0 Å². The minimum Gasteiger partial charge on any atom is -0.497 e. The monoisotopic (exact) mass is 391 g/mol. The van der Waals surface area contributed by atoms with E-state index in [0.717, 1.165) is 49.7 Å². The molecule has 0 aliphatic carbocycles. The van der Waals surface area contributed by atoms with Gasteiger partial charge >= 0.3 is 0 Å². The second-order valence-corrected chi connectivity index (χ2v) is 7.77. The van der Waals surface area contributed by atoms with Crippen molar-refractivity contribution in [1.29, 1.82) is 0 Å². The number of ether oxygens (including phenoxy) is 2. The maximum absolute atomic E-state index is 5.48. The van der Waals surface area contributed by atoms with Gasteiger partial charge in [-0.05, 0) is 36.5 Å². The number of piperidine rings is 1. The molecule has 26 heavy (non-hydrogen) atoms. The van der Waals surface area contributed by atoms with E-state index in [1.54, 1.807) is 14.2 Å². The van der Waals surface area contributed by atoms with Gasteiger partial charge in [0.25, 0.3) is 0 Å². The van der Waals surface area contributed by atoms with Gasteiger partial charge in [0, 0.05) is 54.4 Å². The predicted molar refractivity (Wildman–Crippen MR) is 112 cm³/mol. The average Bonchev–Trinajstić information content (AvgIpc) is 3.16. The van der Waals surface area contributed by atoms with E-state index in [0.29, 0.717) is 11.2 Å². The summed E-state index contributed by atoms with van der Waals surface area (Å²) in [6, 6.07) is 10.4. The Hall–Kier alpha value is -1.83. The van der Waals surface area contributed by atoms with E-state index in [9.17, 15) is 0 Å². The number of likely N-dealkylation sites (tertiary alicyclic amines) is 1. The number of nitrogens with zero attached hydrogens (tertiary/aromatic N) is 1. The highest BCUT2D eigenvalue weighted by molar-refractivity contribution is 7.80. The molecule has 1 aromatic carbocycles. The van der Waals surface area contributed by atoms with Crippen molar-refractivity contribution in [2.75, 3.05) is 32.6 Å². The van der Waals surface area contributed by atoms with Crippen LogP contribution in [0.25, 0.3) is 0 Å². The van der Waals surface area contributed by atoms with Crippen molar-refractivity contribution < 1.29 is 9.47 Å². The molecule has 2 N–H and O–H groups in total. The molecular weight excluding hydrogens is 366 g/mol. The lowest BCUT2D eigenvalue weighted by Gasteiger charge is -2.32. The molecule has 1 fully saturated rings. The highest BCUT2D eigenvalue weighted by atomic mass is 32.1. The lowest BCUT2D eigenvalue weighted by Crippen LogP contribution is -2.45. The summed E-state index contributed by atoms with van der Waals surface area (Å²) in [6.45, 7) is 3.23. The number of thiophene rings is 1. The van der Waals surface area contributed by atoms with Crippen LogP contribution in [0.2, 0.25) is 0 Å². The molecule has 1 saturated heterocycles. The van der Waals surface area contributed by atoms with Gasteiger partial charge in [-0.1, -0.05) is 6.07 Å². The number of nitrogens with one attached hydrogen (secondary N) is 2. The Morgan fingerprint density at radius 2 is 1.88 bits per heavy atom. The van der Waals surface area contributed by atoms with Gasteiger partial charge in [0.2, 0.25) is 0 Å². The van der Waals surface area contributed by atoms with E-state index in [1.807, 2.05) is 29.5 Å². The van der Waals surface area contributed by atoms with Crippen molar-refractivity contribution in [2.24, 2.45) is 0 Å². The zero-order valence-electron chi connectivity index (χ0n) is 15.2. The van der Waals surface area contributed by atoms with Crippen LogP contribution in [-0.2, 0) is 6.54 Å². The van der Waals surface area contributed by atoms with Crippen LogP contribution in [0.1, 0.15) is 17.7 Å². The minimum absolute atomic E-state index is 0.405. The highest BCUT2D eigenvalue weighted by Gasteiger charge is 2.20.